The predicted molar refractivity (Wildman–Crippen MR) is 68.8 cm³/mol. The molecule has 1 nitrogen and oxygen atoms in total. The third-order valence-corrected chi connectivity index (χ3v) is 3.90. The Kier molecular flexibility index (Phi) is 3.98. The van der Waals surface area contributed by atoms with Crippen molar-refractivity contribution in [2.24, 2.45) is 0 Å². The smallest absolute Gasteiger partial charge is 0.0437 e. The van der Waals surface area contributed by atoms with E-state index in [9.17, 15) is 0 Å². The summed E-state index contributed by atoms with van der Waals surface area (Å²) in [6.07, 6.45) is 11.2. The summed E-state index contributed by atoms with van der Waals surface area (Å²) in [7, 11) is 0. The lowest BCUT2D eigenvalue weighted by molar-refractivity contribution is 0.621. The molecule has 0 radical (unpaired) electrons. The van der Waals surface area contributed by atoms with Gasteiger partial charge in [0, 0.05) is 17.8 Å². The van der Waals surface area contributed by atoms with Gasteiger partial charge in [-0.1, -0.05) is 20.3 Å². The molecule has 1 aromatic heterocycles. The van der Waals surface area contributed by atoms with Crippen LogP contribution in [0, 0.1) is 0 Å². The molecule has 0 N–H and O–H groups in total. The highest BCUT2D eigenvalue weighted by Gasteiger charge is 2.13. The maximum Gasteiger partial charge on any atom is 0.0437 e. The van der Waals surface area contributed by atoms with Gasteiger partial charge in [-0.3, -0.25) is 4.98 Å². The van der Waals surface area contributed by atoms with Gasteiger partial charge >= 0.3 is 0 Å². The van der Waals surface area contributed by atoms with E-state index in [1.165, 1.54) is 56.2 Å². The number of pyridine rings is 1. The van der Waals surface area contributed by atoms with Gasteiger partial charge in [0.2, 0.25) is 0 Å². The Morgan fingerprint density at radius 3 is 2.44 bits per heavy atom. The van der Waals surface area contributed by atoms with Gasteiger partial charge in [-0.15, -0.1) is 0 Å². The first kappa shape index (κ1) is 11.6. The van der Waals surface area contributed by atoms with Gasteiger partial charge in [0.05, 0.1) is 0 Å². The molecule has 0 spiro atoms. The number of rotatable bonds is 3. The van der Waals surface area contributed by atoms with Crippen LogP contribution in [0.4, 0.5) is 0 Å². The largest absolute Gasteiger partial charge is 0.261 e. The second kappa shape index (κ2) is 5.47. The Hall–Kier alpha value is -0.850. The number of hydrogen-bond donors (Lipinski definition) is 0. The Morgan fingerprint density at radius 1 is 1.06 bits per heavy atom. The Bertz CT molecular complexity index is 339. The number of aromatic nitrogens is 1. The predicted octanol–water partition coefficient (Wildman–Crippen LogP) is 4.25. The summed E-state index contributed by atoms with van der Waals surface area (Å²) < 4.78 is 0. The molecule has 0 amide bonds. The molecular weight excluding hydrogens is 194 g/mol. The number of hydrogen-bond acceptors (Lipinski definition) is 1. The number of nitrogens with zero attached hydrogens (tertiary/aromatic N) is 1. The first-order valence-electron chi connectivity index (χ1n) is 6.82. The van der Waals surface area contributed by atoms with Gasteiger partial charge in [-0.2, -0.15) is 0 Å². The Morgan fingerprint density at radius 2 is 1.75 bits per heavy atom. The van der Waals surface area contributed by atoms with Gasteiger partial charge in [0.15, 0.2) is 0 Å². The standard InChI is InChI=1S/C15H23N/c1-3-12(4-2)15-10-13-8-6-5-7-9-14(13)11-16-15/h10-12H,3-9H2,1-2H3. The molecule has 1 aromatic rings. The quantitative estimate of drug-likeness (QED) is 0.690. The molecule has 1 heterocycles. The lowest BCUT2D eigenvalue weighted by atomic mass is 9.95. The lowest BCUT2D eigenvalue weighted by Crippen LogP contribution is -2.02. The summed E-state index contributed by atoms with van der Waals surface area (Å²) in [6.45, 7) is 4.53. The zero-order chi connectivity index (χ0) is 11.4. The zero-order valence-corrected chi connectivity index (χ0v) is 10.6. The minimum Gasteiger partial charge on any atom is -0.261 e. The fourth-order valence-electron chi connectivity index (χ4n) is 2.74. The molecule has 0 saturated carbocycles. The molecule has 0 bridgehead atoms. The first-order chi connectivity index (χ1) is 7.85. The number of aryl methyl sites for hydroxylation is 2. The molecule has 2 rings (SSSR count). The summed E-state index contributed by atoms with van der Waals surface area (Å²) in [6, 6.07) is 2.39. The van der Waals surface area contributed by atoms with Crippen molar-refractivity contribution >= 4 is 0 Å². The fourth-order valence-corrected chi connectivity index (χ4v) is 2.74. The van der Waals surface area contributed by atoms with E-state index in [1.807, 2.05) is 0 Å². The molecular formula is C15H23N. The maximum atomic E-state index is 4.68. The van der Waals surface area contributed by atoms with Crippen LogP contribution in [-0.4, -0.2) is 4.98 Å². The van der Waals surface area contributed by atoms with Crippen LogP contribution in [0.1, 0.15) is 68.7 Å². The van der Waals surface area contributed by atoms with Gasteiger partial charge in [0.25, 0.3) is 0 Å². The molecule has 1 aliphatic carbocycles. The SMILES string of the molecule is CCC(CC)c1cc2c(cn1)CCCCC2. The number of fused-ring (bicyclic) bond motifs is 1. The molecule has 0 saturated heterocycles. The minimum atomic E-state index is 0.661. The third-order valence-electron chi connectivity index (χ3n) is 3.90. The molecule has 0 unspecified atom stereocenters. The van der Waals surface area contributed by atoms with E-state index >= 15 is 0 Å². The molecule has 0 fully saturated rings. The highest BCUT2D eigenvalue weighted by Crippen LogP contribution is 2.26. The topological polar surface area (TPSA) is 12.9 Å². The van der Waals surface area contributed by atoms with Crippen LogP contribution in [0.2, 0.25) is 0 Å². The van der Waals surface area contributed by atoms with Crippen LogP contribution in [0.25, 0.3) is 0 Å². The van der Waals surface area contributed by atoms with Crippen molar-refractivity contribution in [3.05, 3.63) is 29.1 Å². The van der Waals surface area contributed by atoms with Gasteiger partial charge in [0.1, 0.15) is 0 Å². The van der Waals surface area contributed by atoms with Crippen molar-refractivity contribution in [1.82, 2.24) is 4.98 Å². The van der Waals surface area contributed by atoms with Crippen LogP contribution < -0.4 is 0 Å². The highest BCUT2D eigenvalue weighted by atomic mass is 14.7. The van der Waals surface area contributed by atoms with E-state index in [1.54, 1.807) is 5.56 Å². The summed E-state index contributed by atoms with van der Waals surface area (Å²) >= 11 is 0. The second-order valence-corrected chi connectivity index (χ2v) is 4.95. The molecule has 1 heteroatoms. The van der Waals surface area contributed by atoms with E-state index in [4.69, 9.17) is 0 Å². The van der Waals surface area contributed by atoms with Crippen molar-refractivity contribution in [2.75, 3.05) is 0 Å². The van der Waals surface area contributed by atoms with Gasteiger partial charge in [-0.25, -0.2) is 0 Å². The summed E-state index contributed by atoms with van der Waals surface area (Å²) in [4.78, 5) is 4.68. The van der Waals surface area contributed by atoms with Crippen molar-refractivity contribution in [3.63, 3.8) is 0 Å². The third kappa shape index (κ3) is 2.45. The van der Waals surface area contributed by atoms with E-state index in [0.29, 0.717) is 5.92 Å². The molecule has 16 heavy (non-hydrogen) atoms. The summed E-state index contributed by atoms with van der Waals surface area (Å²) in [5.74, 6) is 0.661. The Labute approximate surface area is 99.3 Å². The van der Waals surface area contributed by atoms with Gasteiger partial charge in [-0.05, 0) is 55.7 Å². The van der Waals surface area contributed by atoms with Crippen molar-refractivity contribution in [3.8, 4) is 0 Å². The van der Waals surface area contributed by atoms with Crippen LogP contribution in [-0.2, 0) is 12.8 Å². The lowest BCUT2D eigenvalue weighted by Gasteiger charge is -2.14. The van der Waals surface area contributed by atoms with Gasteiger partial charge < -0.3 is 0 Å². The van der Waals surface area contributed by atoms with E-state index in [-0.39, 0.29) is 0 Å². The van der Waals surface area contributed by atoms with Crippen LogP contribution in [0.5, 0.6) is 0 Å². The van der Waals surface area contributed by atoms with Crippen molar-refractivity contribution < 1.29 is 0 Å². The summed E-state index contributed by atoms with van der Waals surface area (Å²) in [5, 5.41) is 0. The second-order valence-electron chi connectivity index (χ2n) is 4.95. The average molecular weight is 217 g/mol. The average Bonchev–Trinajstić information content (AvgIpc) is 2.55. The molecule has 0 aliphatic heterocycles. The van der Waals surface area contributed by atoms with Crippen LogP contribution >= 0.6 is 0 Å². The van der Waals surface area contributed by atoms with E-state index in [0.717, 1.165) is 0 Å². The summed E-state index contributed by atoms with van der Waals surface area (Å²) in [5.41, 5.74) is 4.41. The first-order valence-corrected chi connectivity index (χ1v) is 6.82. The molecule has 1 aliphatic rings. The Balaban J connectivity index is 2.26. The highest BCUT2D eigenvalue weighted by molar-refractivity contribution is 5.29. The fraction of sp³-hybridized carbons (Fsp3) is 0.667. The molecule has 0 atom stereocenters. The van der Waals surface area contributed by atoms with Crippen LogP contribution in [0.3, 0.4) is 0 Å². The molecule has 0 aromatic carbocycles. The van der Waals surface area contributed by atoms with E-state index in [2.05, 4.69) is 31.1 Å². The minimum absolute atomic E-state index is 0.661. The monoisotopic (exact) mass is 217 g/mol. The normalized spacial score (nSPS) is 15.9. The van der Waals surface area contributed by atoms with E-state index < -0.39 is 0 Å². The van der Waals surface area contributed by atoms with Crippen molar-refractivity contribution in [2.45, 2.75) is 64.7 Å². The van der Waals surface area contributed by atoms with Crippen molar-refractivity contribution in [1.29, 1.82) is 0 Å². The maximum absolute atomic E-state index is 4.68. The van der Waals surface area contributed by atoms with Crippen LogP contribution in [0.15, 0.2) is 12.3 Å². The zero-order valence-electron chi connectivity index (χ0n) is 10.6. The molecule has 88 valence electrons.